The highest BCUT2D eigenvalue weighted by molar-refractivity contribution is 5.67. The molecule has 3 heterocycles. The molecule has 0 saturated heterocycles. The van der Waals surface area contributed by atoms with Gasteiger partial charge in [0.1, 0.15) is 29.4 Å². The van der Waals surface area contributed by atoms with Crippen LogP contribution in [0.25, 0.3) is 17.2 Å². The van der Waals surface area contributed by atoms with E-state index in [2.05, 4.69) is 53.5 Å². The third kappa shape index (κ3) is 4.44. The average molecular weight is 455 g/mol. The minimum absolute atomic E-state index is 0.319. The second-order valence-electron chi connectivity index (χ2n) is 8.22. The van der Waals surface area contributed by atoms with E-state index in [1.807, 2.05) is 28.9 Å². The van der Waals surface area contributed by atoms with Crippen LogP contribution in [-0.2, 0) is 13.0 Å². The zero-order valence-corrected chi connectivity index (χ0v) is 19.5. The maximum Gasteiger partial charge on any atom is 0.197 e. The lowest BCUT2D eigenvalue weighted by Gasteiger charge is -2.11. The Bertz CT molecular complexity index is 1330. The van der Waals surface area contributed by atoms with Crippen molar-refractivity contribution in [1.29, 1.82) is 10.5 Å². The van der Waals surface area contributed by atoms with E-state index in [0.29, 0.717) is 35.2 Å². The second-order valence-corrected chi connectivity index (χ2v) is 8.22. The SMILES string of the molecule is CCCCc1nc(C(C)CC)nn1Cc1ccc(-n2c(C#N)cc(C#N)c2-c2nnn[nH]2)cc1. The number of tetrazole rings is 1. The molecule has 0 aliphatic carbocycles. The van der Waals surface area contributed by atoms with Gasteiger partial charge in [0, 0.05) is 18.0 Å². The van der Waals surface area contributed by atoms with E-state index < -0.39 is 0 Å². The lowest BCUT2D eigenvalue weighted by atomic mass is 10.1. The molecular formula is C24H26N10. The van der Waals surface area contributed by atoms with Crippen molar-refractivity contribution in [1.82, 2.24) is 40.0 Å². The van der Waals surface area contributed by atoms with Gasteiger partial charge in [0.25, 0.3) is 0 Å². The van der Waals surface area contributed by atoms with Crippen LogP contribution in [0.1, 0.15) is 74.4 Å². The minimum Gasteiger partial charge on any atom is -0.297 e. The Morgan fingerprint density at radius 3 is 2.53 bits per heavy atom. The Labute approximate surface area is 197 Å². The molecule has 0 radical (unpaired) electrons. The molecule has 10 nitrogen and oxygen atoms in total. The first-order valence-corrected chi connectivity index (χ1v) is 11.4. The molecule has 34 heavy (non-hydrogen) atoms. The molecule has 3 aromatic heterocycles. The van der Waals surface area contributed by atoms with Crippen molar-refractivity contribution in [3.05, 3.63) is 58.8 Å². The summed E-state index contributed by atoms with van der Waals surface area (Å²) in [4.78, 5) is 4.81. The summed E-state index contributed by atoms with van der Waals surface area (Å²) in [5.41, 5.74) is 2.90. The second kappa shape index (κ2) is 10.1. The van der Waals surface area contributed by atoms with Crippen LogP contribution < -0.4 is 0 Å². The largest absolute Gasteiger partial charge is 0.297 e. The standard InChI is InChI=1S/C24H26N10/c1-4-6-7-21-27-23(16(3)5-2)30-33(21)15-17-8-10-19(11-9-17)34-20(14-26)12-18(13-25)22(34)24-28-31-32-29-24/h8-12,16H,4-7,15H2,1-3H3,(H,28,29,31,32). The van der Waals surface area contributed by atoms with Crippen LogP contribution in [0.2, 0.25) is 0 Å². The fourth-order valence-electron chi connectivity index (χ4n) is 3.79. The van der Waals surface area contributed by atoms with Crippen molar-refractivity contribution in [3.63, 3.8) is 0 Å². The molecule has 0 bridgehead atoms. The van der Waals surface area contributed by atoms with Gasteiger partial charge in [-0.3, -0.25) is 4.57 Å². The van der Waals surface area contributed by atoms with Gasteiger partial charge >= 0.3 is 0 Å². The summed E-state index contributed by atoms with van der Waals surface area (Å²) in [5.74, 6) is 2.55. The zero-order valence-electron chi connectivity index (χ0n) is 19.5. The predicted molar refractivity (Wildman–Crippen MR) is 125 cm³/mol. The molecule has 10 heteroatoms. The summed E-state index contributed by atoms with van der Waals surface area (Å²) in [7, 11) is 0. The van der Waals surface area contributed by atoms with Crippen molar-refractivity contribution < 1.29 is 0 Å². The topological polar surface area (TPSA) is 138 Å². The number of rotatable bonds is 9. The predicted octanol–water partition coefficient (Wildman–Crippen LogP) is 3.90. The van der Waals surface area contributed by atoms with E-state index in [0.717, 1.165) is 48.6 Å². The van der Waals surface area contributed by atoms with E-state index in [-0.39, 0.29) is 0 Å². The summed E-state index contributed by atoms with van der Waals surface area (Å²) in [6.45, 7) is 7.08. The third-order valence-corrected chi connectivity index (χ3v) is 5.90. The van der Waals surface area contributed by atoms with Gasteiger partial charge in [0.2, 0.25) is 0 Å². The number of benzene rings is 1. The number of nitrogens with zero attached hydrogens (tertiary/aromatic N) is 9. The lowest BCUT2D eigenvalue weighted by molar-refractivity contribution is 0.602. The molecule has 0 spiro atoms. The van der Waals surface area contributed by atoms with Crippen molar-refractivity contribution in [2.45, 2.75) is 58.9 Å². The number of hydrogen-bond acceptors (Lipinski definition) is 7. The van der Waals surface area contributed by atoms with Crippen LogP contribution in [0.15, 0.2) is 30.3 Å². The average Bonchev–Trinajstić information content (AvgIpc) is 3.61. The quantitative estimate of drug-likeness (QED) is 0.405. The Hall–Kier alpha value is -4.31. The van der Waals surface area contributed by atoms with Crippen molar-refractivity contribution in [2.75, 3.05) is 0 Å². The Morgan fingerprint density at radius 2 is 1.91 bits per heavy atom. The van der Waals surface area contributed by atoms with Crippen LogP contribution in [0.3, 0.4) is 0 Å². The van der Waals surface area contributed by atoms with Crippen molar-refractivity contribution in [2.24, 2.45) is 0 Å². The number of aryl methyl sites for hydroxylation is 1. The monoisotopic (exact) mass is 454 g/mol. The molecule has 4 aromatic rings. The van der Waals surface area contributed by atoms with E-state index in [1.165, 1.54) is 6.07 Å². The number of hydrogen-bond donors (Lipinski definition) is 1. The van der Waals surface area contributed by atoms with Gasteiger partial charge in [-0.1, -0.05) is 39.3 Å². The van der Waals surface area contributed by atoms with Crippen LogP contribution in [0.5, 0.6) is 0 Å². The molecule has 0 fully saturated rings. The van der Waals surface area contributed by atoms with Gasteiger partial charge in [-0.2, -0.15) is 15.6 Å². The zero-order chi connectivity index (χ0) is 24.1. The minimum atomic E-state index is 0.319. The third-order valence-electron chi connectivity index (χ3n) is 5.90. The number of aromatic amines is 1. The maximum absolute atomic E-state index is 9.67. The summed E-state index contributed by atoms with van der Waals surface area (Å²) >= 11 is 0. The van der Waals surface area contributed by atoms with E-state index in [4.69, 9.17) is 10.1 Å². The first kappa shape index (κ1) is 22.9. The van der Waals surface area contributed by atoms with Gasteiger partial charge in [0.15, 0.2) is 11.6 Å². The fraction of sp³-hybridized carbons (Fsp3) is 0.375. The highest BCUT2D eigenvalue weighted by Crippen LogP contribution is 2.28. The molecule has 172 valence electrons. The normalized spacial score (nSPS) is 11.8. The molecule has 4 rings (SSSR count). The number of H-pyrrole nitrogens is 1. The highest BCUT2D eigenvalue weighted by atomic mass is 15.5. The molecule has 1 unspecified atom stereocenters. The summed E-state index contributed by atoms with van der Waals surface area (Å²) in [5, 5.41) is 37.9. The van der Waals surface area contributed by atoms with Gasteiger partial charge in [-0.25, -0.2) is 14.8 Å². The molecule has 0 aliphatic rings. The molecular weight excluding hydrogens is 428 g/mol. The van der Waals surface area contributed by atoms with Crippen molar-refractivity contribution in [3.8, 4) is 29.3 Å². The number of aromatic nitrogens is 8. The van der Waals surface area contributed by atoms with Crippen LogP contribution in [-0.4, -0.2) is 40.0 Å². The molecule has 1 atom stereocenters. The first-order valence-electron chi connectivity index (χ1n) is 11.4. The molecule has 0 aliphatic heterocycles. The van der Waals surface area contributed by atoms with E-state index in [9.17, 15) is 10.5 Å². The Kier molecular flexibility index (Phi) is 6.79. The van der Waals surface area contributed by atoms with E-state index >= 15 is 0 Å². The highest BCUT2D eigenvalue weighted by Gasteiger charge is 2.21. The molecule has 1 N–H and O–H groups in total. The Balaban J connectivity index is 1.67. The lowest BCUT2D eigenvalue weighted by Crippen LogP contribution is -2.08. The first-order chi connectivity index (χ1) is 16.6. The molecule has 1 aromatic carbocycles. The maximum atomic E-state index is 9.67. The number of nitrogens with one attached hydrogen (secondary N) is 1. The Morgan fingerprint density at radius 1 is 1.12 bits per heavy atom. The van der Waals surface area contributed by atoms with Crippen LogP contribution in [0, 0.1) is 22.7 Å². The van der Waals surface area contributed by atoms with Crippen LogP contribution in [0.4, 0.5) is 0 Å². The van der Waals surface area contributed by atoms with Gasteiger partial charge in [0.05, 0.1) is 12.1 Å². The smallest absolute Gasteiger partial charge is 0.197 e. The summed E-state index contributed by atoms with van der Waals surface area (Å²) < 4.78 is 3.69. The van der Waals surface area contributed by atoms with Gasteiger partial charge in [-0.05, 0) is 47.0 Å². The number of nitriles is 2. The van der Waals surface area contributed by atoms with Crippen molar-refractivity contribution >= 4 is 0 Å². The number of unbranched alkanes of at least 4 members (excludes halogenated alkanes) is 1. The fourth-order valence-corrected chi connectivity index (χ4v) is 3.79. The molecule has 0 saturated carbocycles. The van der Waals surface area contributed by atoms with Gasteiger partial charge < -0.3 is 0 Å². The van der Waals surface area contributed by atoms with E-state index in [1.54, 1.807) is 4.57 Å². The summed E-state index contributed by atoms with van der Waals surface area (Å²) in [6, 6.07) is 13.7. The van der Waals surface area contributed by atoms with Crippen LogP contribution >= 0.6 is 0 Å². The van der Waals surface area contributed by atoms with Gasteiger partial charge in [-0.15, -0.1) is 5.10 Å². The molecule has 0 amide bonds. The summed E-state index contributed by atoms with van der Waals surface area (Å²) in [6.07, 6.45) is 4.07.